The molecule has 1 aromatic carbocycles. The Hall–Kier alpha value is -1.44. The molecule has 1 N–H and O–H groups in total. The van der Waals surface area contributed by atoms with Crippen LogP contribution in [0.25, 0.3) is 0 Å². The Morgan fingerprint density at radius 1 is 1.25 bits per heavy atom. The smallest absolute Gasteiger partial charge is 0.254 e. The molecule has 2 fully saturated rings. The number of carbonyl (C=O) groups is 1. The van der Waals surface area contributed by atoms with Gasteiger partial charge in [0.25, 0.3) is 5.91 Å². The van der Waals surface area contributed by atoms with Crippen LogP contribution in [0.1, 0.15) is 22.3 Å². The van der Waals surface area contributed by atoms with E-state index in [9.17, 15) is 13.2 Å². The highest BCUT2D eigenvalue weighted by Gasteiger charge is 2.37. The maximum Gasteiger partial charge on any atom is 0.254 e. The van der Waals surface area contributed by atoms with E-state index in [1.54, 1.807) is 7.11 Å². The highest BCUT2D eigenvalue weighted by Crippen LogP contribution is 2.11. The number of carbonyl (C=O) groups excluding carboxylic acids is 1. The van der Waals surface area contributed by atoms with Gasteiger partial charge in [-0.1, -0.05) is 12.1 Å². The van der Waals surface area contributed by atoms with Crippen LogP contribution in [0.5, 0.6) is 0 Å². The summed E-state index contributed by atoms with van der Waals surface area (Å²) in [5.41, 5.74) is 1.74. The first-order valence-electron chi connectivity index (χ1n) is 8.40. The van der Waals surface area contributed by atoms with Crippen molar-refractivity contribution in [3.05, 3.63) is 35.4 Å². The number of methoxy groups -OCH3 is 1. The number of nitrogens with zero attached hydrogens (tertiary/aromatic N) is 1. The zero-order valence-electron chi connectivity index (χ0n) is 14.0. The van der Waals surface area contributed by atoms with E-state index in [0.29, 0.717) is 36.8 Å². The Labute approximate surface area is 143 Å². The van der Waals surface area contributed by atoms with Gasteiger partial charge in [0.1, 0.15) is 11.8 Å². The van der Waals surface area contributed by atoms with Crippen molar-refractivity contribution >= 4 is 15.7 Å². The summed E-state index contributed by atoms with van der Waals surface area (Å²) in [5.74, 6) is 0.673. The summed E-state index contributed by atoms with van der Waals surface area (Å²) in [5, 5.41) is 0. The van der Waals surface area contributed by atoms with Crippen molar-refractivity contribution in [2.45, 2.75) is 19.1 Å². The number of quaternary nitrogens is 1. The van der Waals surface area contributed by atoms with E-state index in [1.807, 2.05) is 29.2 Å². The van der Waals surface area contributed by atoms with Gasteiger partial charge >= 0.3 is 0 Å². The first-order valence-corrected chi connectivity index (χ1v) is 10.2. The first-order chi connectivity index (χ1) is 11.5. The van der Waals surface area contributed by atoms with Crippen LogP contribution >= 0.6 is 0 Å². The number of ether oxygens (including phenoxy) is 1. The highest BCUT2D eigenvalue weighted by molar-refractivity contribution is 7.91. The van der Waals surface area contributed by atoms with E-state index in [4.69, 9.17) is 4.74 Å². The lowest BCUT2D eigenvalue weighted by atomic mass is 10.1. The summed E-state index contributed by atoms with van der Waals surface area (Å²) >= 11 is 0. The molecule has 0 radical (unpaired) electrons. The number of sulfone groups is 1. The molecule has 0 saturated carbocycles. The van der Waals surface area contributed by atoms with E-state index in [2.05, 4.69) is 0 Å². The Morgan fingerprint density at radius 2 is 1.92 bits per heavy atom. The molecule has 3 rings (SSSR count). The van der Waals surface area contributed by atoms with E-state index >= 15 is 0 Å². The molecule has 2 heterocycles. The van der Waals surface area contributed by atoms with Crippen LogP contribution in [0.4, 0.5) is 0 Å². The van der Waals surface area contributed by atoms with Crippen molar-refractivity contribution < 1.29 is 22.8 Å². The molecule has 2 aliphatic rings. The lowest BCUT2D eigenvalue weighted by Crippen LogP contribution is -3.18. The molecule has 24 heavy (non-hydrogen) atoms. The number of amides is 1. The standard InChI is InChI=1S/C17H24N2O4S/c1-23-12-14-2-4-15(5-3-14)17(20)19-9-7-18(8-10-19)16-6-11-24(21,22)13-16/h2-5,16H,6-13H2,1H3/p+1/t16-/m1/s1. The van der Waals surface area contributed by atoms with Crippen LogP contribution in [0.15, 0.2) is 24.3 Å². The SMILES string of the molecule is COCc1ccc(C(=O)N2CC[NH+]([C@@H]3CCS(=O)(=O)C3)CC2)cc1. The molecule has 2 aliphatic heterocycles. The van der Waals surface area contributed by atoms with Gasteiger partial charge in [-0.2, -0.15) is 0 Å². The van der Waals surface area contributed by atoms with Crippen molar-refractivity contribution in [2.24, 2.45) is 0 Å². The number of piperazine rings is 1. The van der Waals surface area contributed by atoms with Crippen LogP contribution in [0.3, 0.4) is 0 Å². The topological polar surface area (TPSA) is 68.1 Å². The van der Waals surface area contributed by atoms with Gasteiger partial charge < -0.3 is 14.5 Å². The van der Waals surface area contributed by atoms with Crippen molar-refractivity contribution in [1.29, 1.82) is 0 Å². The molecule has 132 valence electrons. The third-order valence-electron chi connectivity index (χ3n) is 5.01. The largest absolute Gasteiger partial charge is 0.380 e. The Bertz CT molecular complexity index is 679. The van der Waals surface area contributed by atoms with E-state index in [0.717, 1.165) is 25.1 Å². The quantitative estimate of drug-likeness (QED) is 0.782. The second-order valence-corrected chi connectivity index (χ2v) is 8.91. The zero-order chi connectivity index (χ0) is 17.2. The molecular weight excluding hydrogens is 328 g/mol. The molecule has 1 atom stereocenters. The number of benzene rings is 1. The van der Waals surface area contributed by atoms with Crippen LogP contribution in [-0.4, -0.2) is 70.1 Å². The van der Waals surface area contributed by atoms with Gasteiger partial charge in [-0.15, -0.1) is 0 Å². The average Bonchev–Trinajstić information content (AvgIpc) is 2.95. The minimum atomic E-state index is -2.84. The zero-order valence-corrected chi connectivity index (χ0v) is 14.8. The van der Waals surface area contributed by atoms with E-state index < -0.39 is 9.84 Å². The number of hydrogen-bond acceptors (Lipinski definition) is 4. The molecule has 0 aliphatic carbocycles. The molecule has 2 saturated heterocycles. The fourth-order valence-corrected chi connectivity index (χ4v) is 5.44. The van der Waals surface area contributed by atoms with Gasteiger partial charge in [-0.25, -0.2) is 8.42 Å². The van der Waals surface area contributed by atoms with Crippen LogP contribution < -0.4 is 4.90 Å². The second-order valence-electron chi connectivity index (χ2n) is 6.68. The van der Waals surface area contributed by atoms with Crippen molar-refractivity contribution in [1.82, 2.24) is 4.90 Å². The van der Waals surface area contributed by atoms with Gasteiger partial charge in [-0.3, -0.25) is 4.79 Å². The molecule has 7 heteroatoms. The van der Waals surface area contributed by atoms with Gasteiger partial charge in [-0.05, 0) is 17.7 Å². The molecule has 0 spiro atoms. The van der Waals surface area contributed by atoms with Gasteiger partial charge in [0.15, 0.2) is 9.84 Å². The second kappa shape index (κ2) is 7.21. The molecule has 1 amide bonds. The van der Waals surface area contributed by atoms with Crippen molar-refractivity contribution in [3.63, 3.8) is 0 Å². The summed E-state index contributed by atoms with van der Waals surface area (Å²) in [4.78, 5) is 15.8. The fourth-order valence-electron chi connectivity index (χ4n) is 3.62. The first kappa shape index (κ1) is 17.4. The normalized spacial score (nSPS) is 24.2. The minimum Gasteiger partial charge on any atom is -0.380 e. The predicted molar refractivity (Wildman–Crippen MR) is 90.8 cm³/mol. The highest BCUT2D eigenvalue weighted by atomic mass is 32.2. The molecule has 6 nitrogen and oxygen atoms in total. The number of hydrogen-bond donors (Lipinski definition) is 1. The summed E-state index contributed by atoms with van der Waals surface area (Å²) in [6, 6.07) is 7.74. The molecule has 0 unspecified atom stereocenters. The lowest BCUT2D eigenvalue weighted by Gasteiger charge is -2.35. The Morgan fingerprint density at radius 3 is 2.46 bits per heavy atom. The predicted octanol–water partition coefficient (Wildman–Crippen LogP) is -0.639. The van der Waals surface area contributed by atoms with Gasteiger partial charge in [0, 0.05) is 19.1 Å². The summed E-state index contributed by atoms with van der Waals surface area (Å²) < 4.78 is 28.3. The molecule has 0 bridgehead atoms. The third kappa shape index (κ3) is 3.96. The van der Waals surface area contributed by atoms with Crippen LogP contribution in [-0.2, 0) is 21.2 Å². The fraction of sp³-hybridized carbons (Fsp3) is 0.588. The number of rotatable bonds is 4. The summed E-state index contributed by atoms with van der Waals surface area (Å²) in [7, 11) is -1.19. The maximum absolute atomic E-state index is 12.6. The van der Waals surface area contributed by atoms with E-state index in [-0.39, 0.29) is 11.9 Å². The van der Waals surface area contributed by atoms with Gasteiger partial charge in [0.05, 0.1) is 38.5 Å². The van der Waals surface area contributed by atoms with Crippen molar-refractivity contribution in [2.75, 3.05) is 44.8 Å². The van der Waals surface area contributed by atoms with Gasteiger partial charge in [0.2, 0.25) is 0 Å². The maximum atomic E-state index is 12.6. The Kier molecular flexibility index (Phi) is 5.22. The Balaban J connectivity index is 1.55. The van der Waals surface area contributed by atoms with E-state index in [1.165, 1.54) is 4.90 Å². The van der Waals surface area contributed by atoms with Crippen molar-refractivity contribution in [3.8, 4) is 0 Å². The van der Waals surface area contributed by atoms with Crippen LogP contribution in [0.2, 0.25) is 0 Å². The molecule has 0 aromatic heterocycles. The molecular formula is C17H25N2O4S+. The lowest BCUT2D eigenvalue weighted by molar-refractivity contribution is -0.925. The summed E-state index contributed by atoms with van der Waals surface area (Å²) in [6.45, 7) is 3.57. The molecule has 1 aromatic rings. The number of nitrogens with one attached hydrogen (secondary N) is 1. The average molecular weight is 353 g/mol. The van der Waals surface area contributed by atoms with Crippen LogP contribution in [0, 0.1) is 0 Å². The third-order valence-corrected chi connectivity index (χ3v) is 6.78. The summed E-state index contributed by atoms with van der Waals surface area (Å²) in [6.07, 6.45) is 0.757. The monoisotopic (exact) mass is 353 g/mol. The minimum absolute atomic E-state index is 0.0528.